The maximum atomic E-state index is 10.9. The zero-order valence-corrected chi connectivity index (χ0v) is 10.8. The van der Waals surface area contributed by atoms with E-state index < -0.39 is 0 Å². The molecule has 0 unspecified atom stereocenters. The van der Waals surface area contributed by atoms with Gasteiger partial charge in [0.15, 0.2) is 6.29 Å². The molecule has 0 atom stereocenters. The molecule has 1 aromatic heterocycles. The van der Waals surface area contributed by atoms with Crippen LogP contribution in [0.3, 0.4) is 0 Å². The van der Waals surface area contributed by atoms with Gasteiger partial charge in [-0.3, -0.25) is 4.79 Å². The minimum atomic E-state index is 0.388. The Bertz CT molecular complexity index is 537. The van der Waals surface area contributed by atoms with Crippen molar-refractivity contribution in [2.24, 2.45) is 7.05 Å². The molecule has 0 bridgehead atoms. The fourth-order valence-corrected chi connectivity index (χ4v) is 1.80. The fraction of sp³-hybridized carbons (Fsp3) is 0.167. The Morgan fingerprint density at radius 3 is 3.00 bits per heavy atom. The predicted molar refractivity (Wildman–Crippen MR) is 67.1 cm³/mol. The van der Waals surface area contributed by atoms with Gasteiger partial charge in [0, 0.05) is 11.5 Å². The summed E-state index contributed by atoms with van der Waals surface area (Å²) in [4.78, 5) is 14.9. The molecule has 1 aromatic carbocycles. The lowest BCUT2D eigenvalue weighted by atomic mass is 10.2. The second kappa shape index (κ2) is 5.14. The minimum absolute atomic E-state index is 0.388. The quantitative estimate of drug-likeness (QED) is 0.814. The highest BCUT2D eigenvalue weighted by atomic mass is 79.9. The lowest BCUT2D eigenvalue weighted by molar-refractivity contribution is 0.111. The van der Waals surface area contributed by atoms with Gasteiger partial charge < -0.3 is 9.30 Å². The Morgan fingerprint density at radius 2 is 2.35 bits per heavy atom. The molecular weight excluding hydrogens is 284 g/mol. The van der Waals surface area contributed by atoms with Crippen LogP contribution in [0.4, 0.5) is 0 Å². The van der Waals surface area contributed by atoms with E-state index in [9.17, 15) is 4.79 Å². The van der Waals surface area contributed by atoms with Gasteiger partial charge in [-0.25, -0.2) is 4.98 Å². The molecule has 1 heterocycles. The third-order valence-electron chi connectivity index (χ3n) is 2.39. The largest absolute Gasteiger partial charge is 0.487 e. The van der Waals surface area contributed by atoms with Crippen LogP contribution in [0.25, 0.3) is 0 Å². The summed E-state index contributed by atoms with van der Waals surface area (Å²) in [5, 5.41) is 0. The molecule has 0 radical (unpaired) electrons. The SMILES string of the molecule is Cn1cncc1COc1ccc(Br)cc1C=O. The first kappa shape index (κ1) is 11.9. The van der Waals surface area contributed by atoms with Crippen LogP contribution in [-0.2, 0) is 13.7 Å². The third kappa shape index (κ3) is 2.74. The van der Waals surface area contributed by atoms with Crippen molar-refractivity contribution >= 4 is 22.2 Å². The van der Waals surface area contributed by atoms with Gasteiger partial charge in [0.25, 0.3) is 0 Å². The smallest absolute Gasteiger partial charge is 0.153 e. The van der Waals surface area contributed by atoms with Crippen LogP contribution < -0.4 is 4.74 Å². The van der Waals surface area contributed by atoms with E-state index in [4.69, 9.17) is 4.74 Å². The summed E-state index contributed by atoms with van der Waals surface area (Å²) in [7, 11) is 1.90. The van der Waals surface area contributed by atoms with E-state index in [0.717, 1.165) is 16.5 Å². The lowest BCUT2D eigenvalue weighted by Crippen LogP contribution is -2.02. The predicted octanol–water partition coefficient (Wildman–Crippen LogP) is 2.57. The van der Waals surface area contributed by atoms with Crippen molar-refractivity contribution in [3.8, 4) is 5.75 Å². The number of imidazole rings is 1. The molecule has 4 nitrogen and oxygen atoms in total. The van der Waals surface area contributed by atoms with Crippen LogP contribution in [0.15, 0.2) is 35.2 Å². The molecule has 0 fully saturated rings. The molecule has 0 spiro atoms. The molecule has 2 aromatic rings. The van der Waals surface area contributed by atoms with E-state index >= 15 is 0 Å². The molecule has 0 N–H and O–H groups in total. The molecule has 17 heavy (non-hydrogen) atoms. The summed E-state index contributed by atoms with van der Waals surface area (Å²) >= 11 is 3.31. The molecule has 0 aliphatic heterocycles. The number of rotatable bonds is 4. The lowest BCUT2D eigenvalue weighted by Gasteiger charge is -2.08. The number of nitrogens with zero attached hydrogens (tertiary/aromatic N) is 2. The molecule has 0 saturated heterocycles. The number of carbonyl (C=O) groups excluding carboxylic acids is 1. The van der Waals surface area contributed by atoms with Gasteiger partial charge in [-0.1, -0.05) is 15.9 Å². The van der Waals surface area contributed by atoms with Crippen molar-refractivity contribution < 1.29 is 9.53 Å². The van der Waals surface area contributed by atoms with E-state index in [1.807, 2.05) is 17.7 Å². The van der Waals surface area contributed by atoms with Crippen LogP contribution in [0, 0.1) is 0 Å². The topological polar surface area (TPSA) is 44.1 Å². The zero-order valence-electron chi connectivity index (χ0n) is 9.26. The summed E-state index contributed by atoms with van der Waals surface area (Å²) in [6.07, 6.45) is 4.23. The number of aromatic nitrogens is 2. The number of halogens is 1. The van der Waals surface area contributed by atoms with E-state index in [0.29, 0.717) is 17.9 Å². The number of carbonyl (C=O) groups is 1. The van der Waals surface area contributed by atoms with Gasteiger partial charge in [-0.05, 0) is 18.2 Å². The second-order valence-corrected chi connectivity index (χ2v) is 4.50. The summed E-state index contributed by atoms with van der Waals surface area (Å²) in [6.45, 7) is 0.388. The van der Waals surface area contributed by atoms with E-state index in [1.54, 1.807) is 24.7 Å². The molecular formula is C12H11BrN2O2. The van der Waals surface area contributed by atoms with Gasteiger partial charge in [0.1, 0.15) is 12.4 Å². The van der Waals surface area contributed by atoms with Crippen LogP contribution in [0.5, 0.6) is 5.75 Å². The highest BCUT2D eigenvalue weighted by Crippen LogP contribution is 2.22. The Hall–Kier alpha value is -1.62. The summed E-state index contributed by atoms with van der Waals surface area (Å²) in [5.74, 6) is 0.574. The van der Waals surface area contributed by atoms with Crippen LogP contribution in [0.1, 0.15) is 16.1 Å². The maximum absolute atomic E-state index is 10.9. The molecule has 0 amide bonds. The Labute approximate surface area is 107 Å². The van der Waals surface area contributed by atoms with Crippen molar-refractivity contribution in [2.45, 2.75) is 6.61 Å². The first-order valence-electron chi connectivity index (χ1n) is 5.03. The van der Waals surface area contributed by atoms with Gasteiger partial charge in [0.2, 0.25) is 0 Å². The minimum Gasteiger partial charge on any atom is -0.487 e. The van der Waals surface area contributed by atoms with Gasteiger partial charge in [-0.2, -0.15) is 0 Å². The maximum Gasteiger partial charge on any atom is 0.153 e. The van der Waals surface area contributed by atoms with Crippen LogP contribution >= 0.6 is 15.9 Å². The van der Waals surface area contributed by atoms with E-state index in [-0.39, 0.29) is 0 Å². The van der Waals surface area contributed by atoms with Crippen LogP contribution in [0.2, 0.25) is 0 Å². The first-order valence-corrected chi connectivity index (χ1v) is 5.82. The molecule has 2 rings (SSSR count). The molecule has 0 saturated carbocycles. The number of benzene rings is 1. The number of aldehydes is 1. The normalized spacial score (nSPS) is 10.2. The van der Waals surface area contributed by atoms with Crippen molar-refractivity contribution in [3.63, 3.8) is 0 Å². The highest BCUT2D eigenvalue weighted by Gasteiger charge is 2.05. The van der Waals surface area contributed by atoms with E-state index in [1.165, 1.54) is 0 Å². The third-order valence-corrected chi connectivity index (χ3v) is 2.88. The molecule has 88 valence electrons. The molecule has 5 heteroatoms. The van der Waals surface area contributed by atoms with Gasteiger partial charge >= 0.3 is 0 Å². The average molecular weight is 295 g/mol. The molecule has 0 aliphatic carbocycles. The van der Waals surface area contributed by atoms with Crippen molar-refractivity contribution in [1.29, 1.82) is 0 Å². The number of hydrogen-bond acceptors (Lipinski definition) is 3. The van der Waals surface area contributed by atoms with Crippen molar-refractivity contribution in [3.05, 3.63) is 46.5 Å². The number of aryl methyl sites for hydroxylation is 1. The highest BCUT2D eigenvalue weighted by molar-refractivity contribution is 9.10. The van der Waals surface area contributed by atoms with E-state index in [2.05, 4.69) is 20.9 Å². The number of hydrogen-bond donors (Lipinski definition) is 0. The first-order chi connectivity index (χ1) is 8.20. The van der Waals surface area contributed by atoms with Crippen molar-refractivity contribution in [1.82, 2.24) is 9.55 Å². The number of ether oxygens (including phenoxy) is 1. The van der Waals surface area contributed by atoms with Crippen molar-refractivity contribution in [2.75, 3.05) is 0 Å². The Morgan fingerprint density at radius 1 is 1.53 bits per heavy atom. The van der Waals surface area contributed by atoms with Gasteiger partial charge in [0.05, 0.1) is 23.8 Å². The summed E-state index contributed by atoms with van der Waals surface area (Å²) < 4.78 is 8.32. The standard InChI is InChI=1S/C12H11BrN2O2/c1-15-8-14-5-11(15)7-17-12-3-2-10(13)4-9(12)6-16/h2-6,8H,7H2,1H3. The van der Waals surface area contributed by atoms with Gasteiger partial charge in [-0.15, -0.1) is 0 Å². The average Bonchev–Trinajstić information content (AvgIpc) is 2.73. The Kier molecular flexibility index (Phi) is 3.58. The summed E-state index contributed by atoms with van der Waals surface area (Å²) in [5.41, 5.74) is 1.48. The zero-order chi connectivity index (χ0) is 12.3. The summed E-state index contributed by atoms with van der Waals surface area (Å²) in [6, 6.07) is 5.33. The molecule has 0 aliphatic rings. The Balaban J connectivity index is 2.14. The monoisotopic (exact) mass is 294 g/mol. The second-order valence-electron chi connectivity index (χ2n) is 3.58. The fourth-order valence-electron chi connectivity index (χ4n) is 1.42. The van der Waals surface area contributed by atoms with Crippen LogP contribution in [-0.4, -0.2) is 15.8 Å².